The fraction of sp³-hybridized carbons (Fsp3) is 0.188. The van der Waals surface area contributed by atoms with Gasteiger partial charge in [0.25, 0.3) is 0 Å². The summed E-state index contributed by atoms with van der Waals surface area (Å²) in [5, 5.41) is 6.49. The molecular formula is C16H15ClN2O3. The predicted molar refractivity (Wildman–Crippen MR) is 85.8 cm³/mol. The lowest BCUT2D eigenvalue weighted by Crippen LogP contribution is -2.16. The lowest BCUT2D eigenvalue weighted by atomic mass is 10.2. The molecule has 1 aliphatic rings. The number of anilines is 2. The molecule has 2 N–H and O–H groups in total. The van der Waals surface area contributed by atoms with E-state index in [1.807, 2.05) is 30.3 Å². The van der Waals surface area contributed by atoms with Gasteiger partial charge in [0.2, 0.25) is 12.7 Å². The summed E-state index contributed by atoms with van der Waals surface area (Å²) in [6.45, 7) is 0.759. The number of carbonyl (C=O) groups is 1. The minimum absolute atomic E-state index is 0.0960. The maximum absolute atomic E-state index is 11.9. The Bertz CT molecular complexity index is 691. The number of hydrogen-bond acceptors (Lipinski definition) is 4. The number of para-hydroxylation sites is 1. The number of rotatable bonds is 5. The zero-order valence-electron chi connectivity index (χ0n) is 11.8. The Kier molecular flexibility index (Phi) is 4.34. The molecule has 0 fully saturated rings. The van der Waals surface area contributed by atoms with Gasteiger partial charge in [0.15, 0.2) is 11.5 Å². The zero-order valence-corrected chi connectivity index (χ0v) is 12.5. The molecule has 3 rings (SSSR count). The van der Waals surface area contributed by atoms with Crippen molar-refractivity contribution in [2.24, 2.45) is 0 Å². The topological polar surface area (TPSA) is 59.6 Å². The van der Waals surface area contributed by atoms with Crippen LogP contribution in [0.3, 0.4) is 0 Å². The minimum Gasteiger partial charge on any atom is -0.454 e. The molecule has 0 aromatic heterocycles. The monoisotopic (exact) mass is 318 g/mol. The fourth-order valence-electron chi connectivity index (χ4n) is 2.10. The van der Waals surface area contributed by atoms with Crippen LogP contribution in [0.1, 0.15) is 6.42 Å². The van der Waals surface area contributed by atoms with E-state index in [4.69, 9.17) is 21.1 Å². The van der Waals surface area contributed by atoms with E-state index in [0.29, 0.717) is 29.4 Å². The van der Waals surface area contributed by atoms with Crippen LogP contribution in [0, 0.1) is 0 Å². The molecule has 2 aromatic carbocycles. The smallest absolute Gasteiger partial charge is 0.231 e. The summed E-state index contributed by atoms with van der Waals surface area (Å²) in [7, 11) is 0. The Balaban J connectivity index is 1.49. The summed E-state index contributed by atoms with van der Waals surface area (Å²) in [6.07, 6.45) is 0.333. The molecule has 0 bridgehead atoms. The van der Waals surface area contributed by atoms with Crippen LogP contribution < -0.4 is 20.1 Å². The van der Waals surface area contributed by atoms with E-state index in [0.717, 1.165) is 11.4 Å². The van der Waals surface area contributed by atoms with Gasteiger partial charge in [-0.05, 0) is 24.3 Å². The molecule has 114 valence electrons. The first kappa shape index (κ1) is 14.5. The number of benzene rings is 2. The van der Waals surface area contributed by atoms with E-state index in [2.05, 4.69) is 10.6 Å². The predicted octanol–water partition coefficient (Wildman–Crippen LogP) is 3.51. The van der Waals surface area contributed by atoms with Gasteiger partial charge in [-0.3, -0.25) is 4.79 Å². The van der Waals surface area contributed by atoms with Gasteiger partial charge < -0.3 is 20.1 Å². The van der Waals surface area contributed by atoms with E-state index >= 15 is 0 Å². The molecule has 0 unspecified atom stereocenters. The van der Waals surface area contributed by atoms with Gasteiger partial charge in [-0.2, -0.15) is 0 Å². The highest BCUT2D eigenvalue weighted by molar-refractivity contribution is 6.33. The number of ether oxygens (including phenoxy) is 2. The molecule has 1 amide bonds. The molecule has 0 spiro atoms. The van der Waals surface area contributed by atoms with Crippen molar-refractivity contribution in [3.8, 4) is 11.5 Å². The number of halogens is 1. The largest absolute Gasteiger partial charge is 0.454 e. The highest BCUT2D eigenvalue weighted by Crippen LogP contribution is 2.34. The number of carbonyl (C=O) groups excluding carboxylic acids is 1. The van der Waals surface area contributed by atoms with Gasteiger partial charge in [-0.15, -0.1) is 0 Å². The van der Waals surface area contributed by atoms with E-state index in [1.54, 1.807) is 12.1 Å². The van der Waals surface area contributed by atoms with Crippen LogP contribution >= 0.6 is 11.6 Å². The van der Waals surface area contributed by atoms with Crippen molar-refractivity contribution in [2.45, 2.75) is 6.42 Å². The summed E-state index contributed by atoms with van der Waals surface area (Å²) in [5.74, 6) is 1.36. The second-order valence-electron chi connectivity index (χ2n) is 4.77. The maximum Gasteiger partial charge on any atom is 0.231 e. The molecule has 0 saturated carbocycles. The quantitative estimate of drug-likeness (QED) is 0.885. The van der Waals surface area contributed by atoms with Gasteiger partial charge in [-0.1, -0.05) is 23.7 Å². The number of amides is 1. The molecule has 0 aliphatic carbocycles. The normalized spacial score (nSPS) is 12.0. The lowest BCUT2D eigenvalue weighted by molar-refractivity contribution is -0.115. The second-order valence-corrected chi connectivity index (χ2v) is 5.18. The highest BCUT2D eigenvalue weighted by Gasteiger charge is 2.13. The molecule has 6 heteroatoms. The Labute approximate surface area is 133 Å². The third kappa shape index (κ3) is 3.43. The third-order valence-corrected chi connectivity index (χ3v) is 3.53. The summed E-state index contributed by atoms with van der Waals surface area (Å²) in [6, 6.07) is 12.7. The van der Waals surface area contributed by atoms with E-state index in [9.17, 15) is 4.79 Å². The Morgan fingerprint density at radius 3 is 2.82 bits per heavy atom. The van der Waals surface area contributed by atoms with Gasteiger partial charge in [-0.25, -0.2) is 0 Å². The van der Waals surface area contributed by atoms with Crippen LogP contribution in [0.2, 0.25) is 5.02 Å². The molecule has 0 atom stereocenters. The number of fused-ring (bicyclic) bond motifs is 1. The van der Waals surface area contributed by atoms with Crippen molar-refractivity contribution in [1.29, 1.82) is 0 Å². The SMILES string of the molecule is O=C(CCNc1ccc2c(c1)OCO2)Nc1ccccc1Cl. The standard InChI is InChI=1S/C16H15ClN2O3/c17-12-3-1-2-4-13(12)19-16(20)7-8-18-11-5-6-14-15(9-11)22-10-21-14/h1-6,9,18H,7-8,10H2,(H,19,20). The van der Waals surface area contributed by atoms with Crippen LogP contribution in [0.4, 0.5) is 11.4 Å². The highest BCUT2D eigenvalue weighted by atomic mass is 35.5. The summed E-state index contributed by atoms with van der Waals surface area (Å²) in [5.41, 5.74) is 1.51. The number of hydrogen-bond donors (Lipinski definition) is 2. The zero-order chi connectivity index (χ0) is 15.4. The maximum atomic E-state index is 11.9. The molecule has 0 radical (unpaired) electrons. The number of nitrogens with one attached hydrogen (secondary N) is 2. The fourth-order valence-corrected chi connectivity index (χ4v) is 2.29. The van der Waals surface area contributed by atoms with Crippen molar-refractivity contribution in [1.82, 2.24) is 0 Å². The van der Waals surface area contributed by atoms with Crippen molar-refractivity contribution < 1.29 is 14.3 Å². The Morgan fingerprint density at radius 2 is 1.95 bits per heavy atom. The van der Waals surface area contributed by atoms with E-state index in [-0.39, 0.29) is 12.7 Å². The molecule has 1 aliphatic heterocycles. The third-order valence-electron chi connectivity index (χ3n) is 3.20. The molecule has 1 heterocycles. The minimum atomic E-state index is -0.0960. The average molecular weight is 319 g/mol. The van der Waals surface area contributed by atoms with Gasteiger partial charge in [0.05, 0.1) is 10.7 Å². The first-order valence-corrected chi connectivity index (χ1v) is 7.28. The van der Waals surface area contributed by atoms with Crippen molar-refractivity contribution >= 4 is 28.9 Å². The van der Waals surface area contributed by atoms with Crippen LogP contribution in [0.5, 0.6) is 11.5 Å². The van der Waals surface area contributed by atoms with Crippen molar-refractivity contribution in [3.63, 3.8) is 0 Å². The Hall–Kier alpha value is -2.40. The summed E-state index contributed by atoms with van der Waals surface area (Å²) < 4.78 is 10.5. The Morgan fingerprint density at radius 1 is 1.14 bits per heavy atom. The molecule has 0 saturated heterocycles. The first-order chi connectivity index (χ1) is 10.7. The molecule has 22 heavy (non-hydrogen) atoms. The van der Waals surface area contributed by atoms with E-state index in [1.165, 1.54) is 0 Å². The van der Waals surface area contributed by atoms with Crippen LogP contribution in [0.25, 0.3) is 0 Å². The average Bonchev–Trinajstić information content (AvgIpc) is 2.97. The van der Waals surface area contributed by atoms with Crippen LogP contribution in [-0.4, -0.2) is 19.2 Å². The van der Waals surface area contributed by atoms with Gasteiger partial charge >= 0.3 is 0 Å². The van der Waals surface area contributed by atoms with Crippen molar-refractivity contribution in [2.75, 3.05) is 24.0 Å². The van der Waals surface area contributed by atoms with Gasteiger partial charge in [0.1, 0.15) is 0 Å². The van der Waals surface area contributed by atoms with Crippen LogP contribution in [0.15, 0.2) is 42.5 Å². The first-order valence-electron chi connectivity index (χ1n) is 6.90. The molecule has 2 aromatic rings. The van der Waals surface area contributed by atoms with Crippen molar-refractivity contribution in [3.05, 3.63) is 47.5 Å². The lowest BCUT2D eigenvalue weighted by Gasteiger charge is -2.09. The molecular weight excluding hydrogens is 304 g/mol. The summed E-state index contributed by atoms with van der Waals surface area (Å²) >= 11 is 6.00. The summed E-state index contributed by atoms with van der Waals surface area (Å²) in [4.78, 5) is 11.9. The second kappa shape index (κ2) is 6.58. The van der Waals surface area contributed by atoms with Crippen LogP contribution in [-0.2, 0) is 4.79 Å². The molecule has 5 nitrogen and oxygen atoms in total. The van der Waals surface area contributed by atoms with E-state index < -0.39 is 0 Å². The van der Waals surface area contributed by atoms with Gasteiger partial charge in [0, 0.05) is 24.7 Å².